The van der Waals surface area contributed by atoms with Crippen LogP contribution in [0.15, 0.2) is 30.3 Å². The van der Waals surface area contributed by atoms with Crippen molar-refractivity contribution in [3.63, 3.8) is 0 Å². The van der Waals surface area contributed by atoms with Gasteiger partial charge in [-0.15, -0.1) is 0 Å². The highest BCUT2D eigenvalue weighted by atomic mass is 16.2. The van der Waals surface area contributed by atoms with Crippen molar-refractivity contribution in [2.24, 2.45) is 5.92 Å². The van der Waals surface area contributed by atoms with Crippen LogP contribution >= 0.6 is 0 Å². The zero-order valence-corrected chi connectivity index (χ0v) is 14.4. The topological polar surface area (TPSA) is 61.4 Å². The lowest BCUT2D eigenvalue weighted by Crippen LogP contribution is -2.56. The standard InChI is InChI=1S/C19H27N3O2/c1-19(18(24)21-14-15-7-5-11-20-13-15)10-6-12-22(19)17(23)16-8-3-2-4-9-16/h2-4,8-9,15,20H,5-7,10-14H2,1H3,(H,21,24). The van der Waals surface area contributed by atoms with Crippen LogP contribution in [0.25, 0.3) is 0 Å². The van der Waals surface area contributed by atoms with Crippen LogP contribution in [0.2, 0.25) is 0 Å². The molecule has 2 fully saturated rings. The highest BCUT2D eigenvalue weighted by Crippen LogP contribution is 2.31. The Kier molecular flexibility index (Phi) is 5.19. The molecule has 1 aromatic carbocycles. The molecule has 2 saturated heterocycles. The van der Waals surface area contributed by atoms with Gasteiger partial charge in [0.1, 0.15) is 5.54 Å². The van der Waals surface area contributed by atoms with Gasteiger partial charge in [0.2, 0.25) is 5.91 Å². The fourth-order valence-corrected chi connectivity index (χ4v) is 3.79. The predicted molar refractivity (Wildman–Crippen MR) is 93.7 cm³/mol. The minimum absolute atomic E-state index is 0.0187. The Morgan fingerprint density at radius 1 is 1.29 bits per heavy atom. The van der Waals surface area contributed by atoms with Crippen LogP contribution in [0.5, 0.6) is 0 Å². The second kappa shape index (κ2) is 7.34. The Bertz CT molecular complexity index is 584. The summed E-state index contributed by atoms with van der Waals surface area (Å²) in [6, 6.07) is 9.23. The first-order valence-corrected chi connectivity index (χ1v) is 8.97. The predicted octanol–water partition coefficient (Wildman–Crippen LogP) is 1.80. The van der Waals surface area contributed by atoms with Crippen molar-refractivity contribution in [1.29, 1.82) is 0 Å². The highest BCUT2D eigenvalue weighted by Gasteiger charge is 2.45. The van der Waals surface area contributed by atoms with Gasteiger partial charge >= 0.3 is 0 Å². The van der Waals surface area contributed by atoms with Gasteiger partial charge in [-0.2, -0.15) is 0 Å². The van der Waals surface area contributed by atoms with Crippen molar-refractivity contribution in [2.45, 2.75) is 38.1 Å². The van der Waals surface area contributed by atoms with Crippen LogP contribution in [-0.2, 0) is 4.79 Å². The number of hydrogen-bond donors (Lipinski definition) is 2. The summed E-state index contributed by atoms with van der Waals surface area (Å²) in [4.78, 5) is 27.4. The third-order valence-corrected chi connectivity index (χ3v) is 5.35. The van der Waals surface area contributed by atoms with Crippen molar-refractivity contribution in [1.82, 2.24) is 15.5 Å². The molecule has 0 aliphatic carbocycles. The quantitative estimate of drug-likeness (QED) is 0.885. The third-order valence-electron chi connectivity index (χ3n) is 5.35. The molecule has 5 nitrogen and oxygen atoms in total. The van der Waals surface area contributed by atoms with E-state index in [1.807, 2.05) is 37.3 Å². The number of carbonyl (C=O) groups excluding carboxylic acids is 2. The summed E-state index contributed by atoms with van der Waals surface area (Å²) in [5, 5.41) is 6.47. The number of nitrogens with one attached hydrogen (secondary N) is 2. The van der Waals surface area contributed by atoms with Crippen molar-refractivity contribution in [2.75, 3.05) is 26.2 Å². The van der Waals surface area contributed by atoms with Crippen LogP contribution < -0.4 is 10.6 Å². The lowest BCUT2D eigenvalue weighted by Gasteiger charge is -2.34. The number of likely N-dealkylation sites (tertiary alicyclic amines) is 1. The first-order valence-electron chi connectivity index (χ1n) is 8.97. The average Bonchev–Trinajstić information content (AvgIpc) is 3.03. The smallest absolute Gasteiger partial charge is 0.254 e. The fourth-order valence-electron chi connectivity index (χ4n) is 3.79. The monoisotopic (exact) mass is 329 g/mol. The van der Waals surface area contributed by atoms with E-state index >= 15 is 0 Å². The van der Waals surface area contributed by atoms with Crippen molar-refractivity contribution in [3.8, 4) is 0 Å². The van der Waals surface area contributed by atoms with E-state index in [2.05, 4.69) is 10.6 Å². The van der Waals surface area contributed by atoms with Gasteiger partial charge in [-0.1, -0.05) is 18.2 Å². The summed E-state index contributed by atoms with van der Waals surface area (Å²) in [7, 11) is 0. The molecule has 0 radical (unpaired) electrons. The Morgan fingerprint density at radius 2 is 2.08 bits per heavy atom. The summed E-state index contributed by atoms with van der Waals surface area (Å²) < 4.78 is 0. The van der Waals surface area contributed by atoms with E-state index in [1.165, 1.54) is 0 Å². The average molecular weight is 329 g/mol. The van der Waals surface area contributed by atoms with Crippen LogP contribution in [0.3, 0.4) is 0 Å². The first-order chi connectivity index (χ1) is 11.6. The lowest BCUT2D eigenvalue weighted by molar-refractivity contribution is -0.130. The molecule has 0 aromatic heterocycles. The van der Waals surface area contributed by atoms with E-state index < -0.39 is 5.54 Å². The van der Waals surface area contributed by atoms with Crippen molar-refractivity contribution < 1.29 is 9.59 Å². The van der Waals surface area contributed by atoms with Crippen LogP contribution in [0.1, 0.15) is 43.0 Å². The summed E-state index contributed by atoms with van der Waals surface area (Å²) in [6.45, 7) is 5.26. The highest BCUT2D eigenvalue weighted by molar-refractivity contribution is 5.99. The van der Waals surface area contributed by atoms with Gasteiger partial charge in [0.25, 0.3) is 5.91 Å². The Morgan fingerprint density at radius 3 is 2.79 bits per heavy atom. The summed E-state index contributed by atoms with van der Waals surface area (Å²) in [6.07, 6.45) is 3.90. The first kappa shape index (κ1) is 17.0. The van der Waals surface area contributed by atoms with Crippen molar-refractivity contribution >= 4 is 11.8 Å². The van der Waals surface area contributed by atoms with Gasteiger partial charge < -0.3 is 15.5 Å². The molecule has 24 heavy (non-hydrogen) atoms. The Balaban J connectivity index is 1.65. The molecular weight excluding hydrogens is 302 g/mol. The van der Waals surface area contributed by atoms with Gasteiger partial charge in [0, 0.05) is 18.7 Å². The van der Waals surface area contributed by atoms with Gasteiger partial charge in [-0.3, -0.25) is 9.59 Å². The van der Waals surface area contributed by atoms with Gasteiger partial charge in [0.15, 0.2) is 0 Å². The molecule has 0 bridgehead atoms. The summed E-state index contributed by atoms with van der Waals surface area (Å²) >= 11 is 0. The maximum Gasteiger partial charge on any atom is 0.254 e. The van der Waals surface area contributed by atoms with E-state index in [9.17, 15) is 9.59 Å². The molecule has 2 N–H and O–H groups in total. The fraction of sp³-hybridized carbons (Fsp3) is 0.579. The molecule has 2 aliphatic heterocycles. The Hall–Kier alpha value is -1.88. The Labute approximate surface area is 143 Å². The minimum atomic E-state index is -0.741. The molecule has 2 aliphatic rings. The minimum Gasteiger partial charge on any atom is -0.354 e. The normalized spacial score (nSPS) is 27.0. The molecule has 2 heterocycles. The zero-order chi connectivity index (χ0) is 17.0. The lowest BCUT2D eigenvalue weighted by atomic mass is 9.95. The molecule has 0 saturated carbocycles. The number of benzene rings is 1. The van der Waals surface area contributed by atoms with E-state index in [0.29, 0.717) is 24.6 Å². The van der Waals surface area contributed by atoms with E-state index in [4.69, 9.17) is 0 Å². The molecule has 1 aromatic rings. The number of rotatable bonds is 4. The van der Waals surface area contributed by atoms with Crippen LogP contribution in [-0.4, -0.2) is 48.4 Å². The second-order valence-corrected chi connectivity index (χ2v) is 7.12. The van der Waals surface area contributed by atoms with E-state index in [-0.39, 0.29) is 11.8 Å². The van der Waals surface area contributed by atoms with Crippen LogP contribution in [0.4, 0.5) is 0 Å². The van der Waals surface area contributed by atoms with E-state index in [0.717, 1.165) is 38.8 Å². The van der Waals surface area contributed by atoms with Gasteiger partial charge in [-0.25, -0.2) is 0 Å². The SMILES string of the molecule is CC1(C(=O)NCC2CCCNC2)CCCN1C(=O)c1ccccc1. The van der Waals surface area contributed by atoms with Crippen molar-refractivity contribution in [3.05, 3.63) is 35.9 Å². The molecule has 3 rings (SSSR count). The van der Waals surface area contributed by atoms with E-state index in [1.54, 1.807) is 4.90 Å². The summed E-state index contributed by atoms with van der Waals surface area (Å²) in [5.41, 5.74) is -0.0930. The number of nitrogens with zero attached hydrogens (tertiary/aromatic N) is 1. The molecule has 2 amide bonds. The number of hydrogen-bond acceptors (Lipinski definition) is 3. The molecule has 2 atom stereocenters. The molecule has 5 heteroatoms. The number of carbonyl (C=O) groups is 2. The molecule has 0 spiro atoms. The van der Waals surface area contributed by atoms with Gasteiger partial charge in [0.05, 0.1) is 0 Å². The number of amides is 2. The largest absolute Gasteiger partial charge is 0.354 e. The van der Waals surface area contributed by atoms with Crippen LogP contribution in [0, 0.1) is 5.92 Å². The zero-order valence-electron chi connectivity index (χ0n) is 14.4. The maximum absolute atomic E-state index is 12.8. The molecular formula is C19H27N3O2. The number of piperidine rings is 1. The summed E-state index contributed by atoms with van der Waals surface area (Å²) in [5.74, 6) is 0.422. The molecule has 130 valence electrons. The second-order valence-electron chi connectivity index (χ2n) is 7.12. The third kappa shape index (κ3) is 3.46. The maximum atomic E-state index is 12.8. The van der Waals surface area contributed by atoms with Gasteiger partial charge in [-0.05, 0) is 63.7 Å². The molecule has 2 unspecified atom stereocenters.